The Labute approximate surface area is 120 Å². The maximum atomic E-state index is 12.6. The van der Waals surface area contributed by atoms with Crippen LogP contribution in [0, 0.1) is 13.8 Å². The van der Waals surface area contributed by atoms with Gasteiger partial charge in [-0.3, -0.25) is 9.69 Å². The first-order valence-electron chi connectivity index (χ1n) is 7.49. The van der Waals surface area contributed by atoms with Crippen molar-refractivity contribution in [1.29, 1.82) is 0 Å². The van der Waals surface area contributed by atoms with Crippen molar-refractivity contribution in [3.8, 4) is 0 Å². The van der Waals surface area contributed by atoms with Gasteiger partial charge in [-0.05, 0) is 33.2 Å². The Hall–Kier alpha value is -1.49. The molecule has 0 radical (unpaired) electrons. The molecule has 5 nitrogen and oxygen atoms in total. The molecule has 1 amide bonds. The van der Waals surface area contributed by atoms with Crippen molar-refractivity contribution in [3.05, 3.63) is 23.3 Å². The lowest BCUT2D eigenvalue weighted by molar-refractivity contribution is 0.0371. The summed E-state index contributed by atoms with van der Waals surface area (Å²) in [4.78, 5) is 25.6. The molecule has 2 aliphatic rings. The van der Waals surface area contributed by atoms with Gasteiger partial charge >= 0.3 is 0 Å². The van der Waals surface area contributed by atoms with Gasteiger partial charge in [0.15, 0.2) is 0 Å². The highest BCUT2D eigenvalue weighted by molar-refractivity contribution is 5.95. The van der Waals surface area contributed by atoms with Crippen molar-refractivity contribution in [2.24, 2.45) is 0 Å². The highest BCUT2D eigenvalue weighted by atomic mass is 16.2. The minimum atomic E-state index is 0.0905. The van der Waals surface area contributed by atoms with Gasteiger partial charge < -0.3 is 4.90 Å². The van der Waals surface area contributed by atoms with Gasteiger partial charge in [0.1, 0.15) is 5.82 Å². The number of aryl methyl sites for hydroxylation is 2. The van der Waals surface area contributed by atoms with Crippen LogP contribution in [0.3, 0.4) is 0 Å². The van der Waals surface area contributed by atoms with Crippen LogP contribution in [-0.2, 0) is 0 Å². The molecular weight excluding hydrogens is 252 g/mol. The van der Waals surface area contributed by atoms with E-state index in [4.69, 9.17) is 0 Å². The molecule has 2 saturated heterocycles. The maximum Gasteiger partial charge on any atom is 0.257 e. The highest BCUT2D eigenvalue weighted by Crippen LogP contribution is 2.22. The molecule has 0 unspecified atom stereocenters. The smallest absolute Gasteiger partial charge is 0.257 e. The minimum absolute atomic E-state index is 0.0905. The zero-order chi connectivity index (χ0) is 14.1. The van der Waals surface area contributed by atoms with Crippen LogP contribution in [0.1, 0.15) is 41.1 Å². The first-order chi connectivity index (χ1) is 9.65. The molecule has 2 fully saturated rings. The second-order valence-electron chi connectivity index (χ2n) is 5.85. The van der Waals surface area contributed by atoms with Crippen molar-refractivity contribution in [2.45, 2.75) is 39.2 Å². The maximum absolute atomic E-state index is 12.6. The first-order valence-corrected chi connectivity index (χ1v) is 7.49. The number of hydrogen-bond donors (Lipinski definition) is 0. The molecule has 0 aromatic carbocycles. The third-order valence-electron chi connectivity index (χ3n) is 4.45. The molecule has 1 aromatic heterocycles. The van der Waals surface area contributed by atoms with Gasteiger partial charge in [0.25, 0.3) is 5.91 Å². The van der Waals surface area contributed by atoms with Crippen LogP contribution in [0.15, 0.2) is 6.20 Å². The molecule has 1 aromatic rings. The van der Waals surface area contributed by atoms with Gasteiger partial charge in [-0.25, -0.2) is 9.97 Å². The number of rotatable bonds is 1. The van der Waals surface area contributed by atoms with Crippen LogP contribution >= 0.6 is 0 Å². The van der Waals surface area contributed by atoms with Crippen LogP contribution < -0.4 is 0 Å². The van der Waals surface area contributed by atoms with E-state index in [0.29, 0.717) is 11.6 Å². The van der Waals surface area contributed by atoms with Crippen molar-refractivity contribution in [1.82, 2.24) is 19.8 Å². The zero-order valence-electron chi connectivity index (χ0n) is 12.3. The topological polar surface area (TPSA) is 49.3 Å². The molecule has 0 saturated carbocycles. The largest absolute Gasteiger partial charge is 0.336 e. The minimum Gasteiger partial charge on any atom is -0.336 e. The van der Waals surface area contributed by atoms with E-state index in [1.807, 2.05) is 18.7 Å². The van der Waals surface area contributed by atoms with Crippen molar-refractivity contribution >= 4 is 5.91 Å². The lowest BCUT2D eigenvalue weighted by Gasteiger charge is -2.44. The van der Waals surface area contributed by atoms with Gasteiger partial charge in [-0.2, -0.15) is 0 Å². The number of fused-ring (bicyclic) bond motifs is 1. The average Bonchev–Trinajstić information content (AvgIpc) is 2.46. The molecular formula is C15H22N4O. The van der Waals surface area contributed by atoms with Crippen molar-refractivity contribution < 1.29 is 4.79 Å². The third kappa shape index (κ3) is 2.54. The van der Waals surface area contributed by atoms with Gasteiger partial charge in [0.05, 0.1) is 11.3 Å². The Morgan fingerprint density at radius 3 is 2.90 bits per heavy atom. The molecule has 0 N–H and O–H groups in total. The summed E-state index contributed by atoms with van der Waals surface area (Å²) in [6, 6.07) is 0.549. The lowest BCUT2D eigenvalue weighted by Crippen LogP contribution is -2.56. The van der Waals surface area contributed by atoms with E-state index in [-0.39, 0.29) is 5.91 Å². The standard InChI is InChI=1S/C15H22N4O/c1-11-14(9-16-12(2)17-11)15(20)19-8-7-18-6-4-3-5-13(18)10-19/h9,13H,3-8,10H2,1-2H3/t13-/m1/s1. The van der Waals surface area contributed by atoms with E-state index in [1.165, 1.54) is 25.8 Å². The molecule has 0 aliphatic carbocycles. The molecule has 3 heterocycles. The predicted molar refractivity (Wildman–Crippen MR) is 76.6 cm³/mol. The van der Waals surface area contributed by atoms with Gasteiger partial charge in [-0.15, -0.1) is 0 Å². The summed E-state index contributed by atoms with van der Waals surface area (Å²) in [7, 11) is 0. The number of piperidine rings is 1. The molecule has 108 valence electrons. The number of aromatic nitrogens is 2. The Morgan fingerprint density at radius 1 is 1.25 bits per heavy atom. The summed E-state index contributed by atoms with van der Waals surface area (Å²) < 4.78 is 0. The third-order valence-corrected chi connectivity index (χ3v) is 4.45. The summed E-state index contributed by atoms with van der Waals surface area (Å²) in [6.07, 6.45) is 5.48. The van der Waals surface area contributed by atoms with E-state index in [2.05, 4.69) is 14.9 Å². The normalized spacial score (nSPS) is 23.5. The second-order valence-corrected chi connectivity index (χ2v) is 5.85. The number of nitrogens with zero attached hydrogens (tertiary/aromatic N) is 4. The molecule has 20 heavy (non-hydrogen) atoms. The summed E-state index contributed by atoms with van der Waals surface area (Å²) in [6.45, 7) is 7.61. The highest BCUT2D eigenvalue weighted by Gasteiger charge is 2.31. The van der Waals surface area contributed by atoms with Gasteiger partial charge in [-0.1, -0.05) is 6.42 Å². The second kappa shape index (κ2) is 5.48. The van der Waals surface area contributed by atoms with Crippen LogP contribution in [-0.4, -0.2) is 57.9 Å². The Balaban J connectivity index is 1.74. The van der Waals surface area contributed by atoms with E-state index in [1.54, 1.807) is 6.20 Å². The zero-order valence-corrected chi connectivity index (χ0v) is 12.3. The molecule has 3 rings (SSSR count). The van der Waals surface area contributed by atoms with E-state index >= 15 is 0 Å². The molecule has 5 heteroatoms. The van der Waals surface area contributed by atoms with Crippen LogP contribution in [0.4, 0.5) is 0 Å². The monoisotopic (exact) mass is 274 g/mol. The van der Waals surface area contributed by atoms with Crippen LogP contribution in [0.25, 0.3) is 0 Å². The van der Waals surface area contributed by atoms with Crippen molar-refractivity contribution in [3.63, 3.8) is 0 Å². The Morgan fingerprint density at radius 2 is 2.10 bits per heavy atom. The van der Waals surface area contributed by atoms with E-state index in [9.17, 15) is 4.79 Å². The molecule has 2 aliphatic heterocycles. The Bertz CT molecular complexity index is 517. The fraction of sp³-hybridized carbons (Fsp3) is 0.667. The summed E-state index contributed by atoms with van der Waals surface area (Å²) >= 11 is 0. The number of piperazine rings is 1. The number of carbonyl (C=O) groups is 1. The average molecular weight is 274 g/mol. The SMILES string of the molecule is Cc1ncc(C(=O)N2CCN3CCCC[C@@H]3C2)c(C)n1. The Kier molecular flexibility index (Phi) is 3.70. The molecule has 0 spiro atoms. The van der Waals surface area contributed by atoms with E-state index < -0.39 is 0 Å². The number of amides is 1. The fourth-order valence-corrected chi connectivity index (χ4v) is 3.30. The quantitative estimate of drug-likeness (QED) is 0.777. The molecule has 1 atom stereocenters. The summed E-state index contributed by atoms with van der Waals surface area (Å²) in [5.74, 6) is 0.809. The predicted octanol–water partition coefficient (Wildman–Crippen LogP) is 1.40. The fourth-order valence-electron chi connectivity index (χ4n) is 3.30. The lowest BCUT2D eigenvalue weighted by atomic mass is 9.99. The van der Waals surface area contributed by atoms with Crippen LogP contribution in [0.2, 0.25) is 0 Å². The van der Waals surface area contributed by atoms with Gasteiger partial charge in [0, 0.05) is 31.9 Å². The summed E-state index contributed by atoms with van der Waals surface area (Å²) in [5, 5.41) is 0. The first kappa shape index (κ1) is 13.5. The number of carbonyl (C=O) groups excluding carboxylic acids is 1. The van der Waals surface area contributed by atoms with Gasteiger partial charge in [0.2, 0.25) is 0 Å². The van der Waals surface area contributed by atoms with Crippen LogP contribution in [0.5, 0.6) is 0 Å². The number of hydrogen-bond acceptors (Lipinski definition) is 4. The van der Waals surface area contributed by atoms with Crippen molar-refractivity contribution in [2.75, 3.05) is 26.2 Å². The van der Waals surface area contributed by atoms with E-state index in [0.717, 1.165) is 31.2 Å². The molecule has 0 bridgehead atoms. The summed E-state index contributed by atoms with van der Waals surface area (Å²) in [5.41, 5.74) is 1.44.